The number of carbonyl (C=O) groups is 1. The summed E-state index contributed by atoms with van der Waals surface area (Å²) in [7, 11) is 0. The monoisotopic (exact) mass is 195 g/mol. The molecule has 7 N–H and O–H groups in total. The van der Waals surface area contributed by atoms with Crippen LogP contribution in [0.2, 0.25) is 0 Å². The van der Waals surface area contributed by atoms with Crippen LogP contribution >= 0.6 is 0 Å². The number of hydrogen-bond donors (Lipinski definition) is 6. The minimum absolute atomic E-state index is 0.967. The Kier molecular flexibility index (Phi) is 4.99. The maximum absolute atomic E-state index is 10.6. The van der Waals surface area contributed by atoms with Gasteiger partial charge < -0.3 is 31.3 Å². The number of aliphatic hydroxyl groups excluding tert-OH is 5. The summed E-state index contributed by atoms with van der Waals surface area (Å²) in [5.41, 5.74) is 4.78. The molecule has 7 nitrogen and oxygen atoms in total. The average molecular weight is 195 g/mol. The molecule has 0 amide bonds. The summed E-state index contributed by atoms with van der Waals surface area (Å²) in [6.07, 6.45) is -7.49. The van der Waals surface area contributed by atoms with Crippen LogP contribution in [0.1, 0.15) is 0 Å². The highest BCUT2D eigenvalue weighted by Crippen LogP contribution is 2.03. The summed E-state index contributed by atoms with van der Waals surface area (Å²) in [5, 5.41) is 43.7. The number of carbonyl (C=O) groups excluding carboxylic acids is 1. The van der Waals surface area contributed by atoms with Gasteiger partial charge in [-0.15, -0.1) is 0 Å². The first-order valence-electron chi connectivity index (χ1n) is 3.53. The van der Waals surface area contributed by atoms with Gasteiger partial charge in [-0.3, -0.25) is 4.79 Å². The topological polar surface area (TPSA) is 144 Å². The Balaban J connectivity index is 4.24. The maximum atomic E-state index is 10.6. The Bertz CT molecular complexity index is 173. The van der Waals surface area contributed by atoms with E-state index in [-0.39, 0.29) is 0 Å². The first-order valence-corrected chi connectivity index (χ1v) is 3.53. The van der Waals surface area contributed by atoms with Gasteiger partial charge in [-0.2, -0.15) is 0 Å². The second-order valence-corrected chi connectivity index (χ2v) is 2.54. The van der Waals surface area contributed by atoms with Gasteiger partial charge in [-0.05, 0) is 0 Å². The van der Waals surface area contributed by atoms with Gasteiger partial charge in [0.25, 0.3) is 0 Å². The van der Waals surface area contributed by atoms with Crippen molar-refractivity contribution in [3.8, 4) is 0 Å². The zero-order valence-corrected chi connectivity index (χ0v) is 6.74. The van der Waals surface area contributed by atoms with Crippen molar-refractivity contribution in [3.05, 3.63) is 0 Å². The van der Waals surface area contributed by atoms with Crippen molar-refractivity contribution in [1.82, 2.24) is 0 Å². The van der Waals surface area contributed by atoms with Crippen LogP contribution in [0.3, 0.4) is 0 Å². The molecule has 0 aromatic rings. The summed E-state index contributed by atoms with van der Waals surface area (Å²) in [6, 6.07) is 0. The van der Waals surface area contributed by atoms with Crippen molar-refractivity contribution in [2.75, 3.05) is 6.61 Å². The highest BCUT2D eigenvalue weighted by molar-refractivity contribution is 5.84. The lowest BCUT2D eigenvalue weighted by atomic mass is 10.0. The van der Waals surface area contributed by atoms with Gasteiger partial charge in [-0.25, -0.2) is 0 Å². The number of rotatable bonds is 5. The van der Waals surface area contributed by atoms with E-state index in [4.69, 9.17) is 31.3 Å². The van der Waals surface area contributed by atoms with Crippen molar-refractivity contribution in [2.45, 2.75) is 24.5 Å². The van der Waals surface area contributed by atoms with Crippen LogP contribution in [0.4, 0.5) is 0 Å². The van der Waals surface area contributed by atoms with Gasteiger partial charge in [0.05, 0.1) is 0 Å². The molecule has 7 heteroatoms. The zero-order valence-electron chi connectivity index (χ0n) is 6.74. The van der Waals surface area contributed by atoms with Crippen LogP contribution in [0.15, 0.2) is 0 Å². The van der Waals surface area contributed by atoms with Gasteiger partial charge in [0, 0.05) is 0 Å². The zero-order chi connectivity index (χ0) is 10.6. The predicted octanol–water partition coefficient (Wildman–Crippen LogP) is -4.09. The summed E-state index contributed by atoms with van der Waals surface area (Å²) < 4.78 is 0. The molecule has 0 rings (SSSR count). The third-order valence-corrected chi connectivity index (χ3v) is 1.51. The fourth-order valence-corrected chi connectivity index (χ4v) is 0.673. The number of hydrogen-bond acceptors (Lipinski definition) is 7. The molecule has 0 fully saturated rings. The molecular formula is C6H13NO6. The normalized spacial score (nSPS) is 20.5. The van der Waals surface area contributed by atoms with Gasteiger partial charge >= 0.3 is 0 Å². The molecule has 4 atom stereocenters. The Morgan fingerprint density at radius 1 is 1.15 bits per heavy atom. The fraction of sp³-hybridized carbons (Fsp3) is 0.833. The van der Waals surface area contributed by atoms with Crippen molar-refractivity contribution in [1.29, 1.82) is 0 Å². The average Bonchev–Trinajstić information content (AvgIpc) is 2.12. The van der Waals surface area contributed by atoms with Crippen LogP contribution < -0.4 is 5.73 Å². The second kappa shape index (κ2) is 5.22. The predicted molar refractivity (Wildman–Crippen MR) is 40.3 cm³/mol. The van der Waals surface area contributed by atoms with E-state index in [9.17, 15) is 4.79 Å². The number of aliphatic hydroxyl groups is 5. The summed E-state index contributed by atoms with van der Waals surface area (Å²) >= 11 is 0. The van der Waals surface area contributed by atoms with Crippen LogP contribution in [-0.4, -0.2) is 62.5 Å². The lowest BCUT2D eigenvalue weighted by Gasteiger charge is -2.23. The Hall–Kier alpha value is -0.570. The van der Waals surface area contributed by atoms with Crippen molar-refractivity contribution < 1.29 is 30.3 Å². The maximum Gasteiger partial charge on any atom is 0.189 e. The van der Waals surface area contributed by atoms with E-state index in [0.717, 1.165) is 0 Å². The number of Topliss-reactive ketones (excluding diaryl/α,β-unsaturated/α-hetero) is 1. The fourth-order valence-electron chi connectivity index (χ4n) is 0.673. The second-order valence-electron chi connectivity index (χ2n) is 2.54. The molecule has 13 heavy (non-hydrogen) atoms. The highest BCUT2D eigenvalue weighted by atomic mass is 16.4. The van der Waals surface area contributed by atoms with Gasteiger partial charge in [-0.1, -0.05) is 0 Å². The van der Waals surface area contributed by atoms with Crippen molar-refractivity contribution in [2.24, 2.45) is 5.73 Å². The van der Waals surface area contributed by atoms with Gasteiger partial charge in [0.2, 0.25) is 0 Å². The van der Waals surface area contributed by atoms with Crippen LogP contribution in [0.5, 0.6) is 0 Å². The van der Waals surface area contributed by atoms with E-state index < -0.39 is 36.9 Å². The number of nitrogens with two attached hydrogens (primary N) is 1. The lowest BCUT2D eigenvalue weighted by Crippen LogP contribution is -2.51. The van der Waals surface area contributed by atoms with Crippen LogP contribution in [0.25, 0.3) is 0 Å². The molecule has 0 heterocycles. The number of ketones is 1. The summed E-state index contributed by atoms with van der Waals surface area (Å²) in [4.78, 5) is 10.6. The third kappa shape index (κ3) is 3.35. The van der Waals surface area contributed by atoms with Gasteiger partial charge in [0.15, 0.2) is 5.78 Å². The minimum atomic E-state index is -1.96. The minimum Gasteiger partial charge on any atom is -0.388 e. The molecule has 78 valence electrons. The Morgan fingerprint density at radius 2 is 1.62 bits per heavy atom. The molecule has 0 aliphatic rings. The molecular weight excluding hydrogens is 182 g/mol. The van der Waals surface area contributed by atoms with Gasteiger partial charge in [0.1, 0.15) is 31.1 Å². The van der Waals surface area contributed by atoms with Crippen molar-refractivity contribution >= 4 is 5.78 Å². The van der Waals surface area contributed by atoms with Crippen LogP contribution in [-0.2, 0) is 4.79 Å². The van der Waals surface area contributed by atoms with E-state index in [0.29, 0.717) is 0 Å². The van der Waals surface area contributed by atoms with E-state index in [1.807, 2.05) is 0 Å². The smallest absolute Gasteiger partial charge is 0.189 e. The van der Waals surface area contributed by atoms with E-state index in [1.54, 1.807) is 0 Å². The molecule has 0 aromatic heterocycles. The lowest BCUT2D eigenvalue weighted by molar-refractivity contribution is -0.146. The summed E-state index contributed by atoms with van der Waals surface area (Å²) in [5.74, 6) is -1.06. The SMILES string of the molecule is NC(O)[C@H](O)[C@@H](O)[C@H](O)C(=O)CO. The van der Waals surface area contributed by atoms with E-state index in [1.165, 1.54) is 0 Å². The molecule has 0 saturated heterocycles. The molecule has 1 unspecified atom stereocenters. The molecule has 0 saturated carbocycles. The van der Waals surface area contributed by atoms with Crippen molar-refractivity contribution in [3.63, 3.8) is 0 Å². The Labute approximate surface area is 74.0 Å². The third-order valence-electron chi connectivity index (χ3n) is 1.51. The first-order chi connectivity index (χ1) is 5.91. The standard InChI is InChI=1S/C6H13NO6/c7-6(13)5(12)4(11)3(10)2(9)1-8/h3-6,8,10-13H,1,7H2/t3-,4+,5-,6?/m1/s1. The quantitative estimate of drug-likeness (QED) is 0.245. The Morgan fingerprint density at radius 3 is 1.92 bits per heavy atom. The molecule has 0 radical (unpaired) electrons. The molecule has 0 aliphatic carbocycles. The first kappa shape index (κ1) is 12.4. The molecule has 0 bridgehead atoms. The molecule has 0 aromatic carbocycles. The van der Waals surface area contributed by atoms with E-state index in [2.05, 4.69) is 0 Å². The molecule has 0 aliphatic heterocycles. The molecule has 0 spiro atoms. The van der Waals surface area contributed by atoms with E-state index >= 15 is 0 Å². The highest BCUT2D eigenvalue weighted by Gasteiger charge is 2.32. The van der Waals surface area contributed by atoms with Crippen LogP contribution in [0, 0.1) is 0 Å². The largest absolute Gasteiger partial charge is 0.388 e. The summed E-state index contributed by atoms with van der Waals surface area (Å²) in [6.45, 7) is -0.967.